The number of aromatic nitrogens is 2. The fraction of sp³-hybridized carbons (Fsp3) is 0.545. The van der Waals surface area contributed by atoms with Crippen LogP contribution in [0.25, 0.3) is 11.4 Å². The zero-order chi connectivity index (χ0) is 21.1. The summed E-state index contributed by atoms with van der Waals surface area (Å²) >= 11 is 0. The Morgan fingerprint density at radius 2 is 1.93 bits per heavy atom. The lowest BCUT2D eigenvalue weighted by Gasteiger charge is -2.26. The van der Waals surface area contributed by atoms with Gasteiger partial charge < -0.3 is 14.9 Å². The number of hydrogen-bond donors (Lipinski definition) is 2. The Morgan fingerprint density at radius 3 is 2.57 bits per heavy atom. The van der Waals surface area contributed by atoms with Crippen molar-refractivity contribution in [2.75, 3.05) is 0 Å². The molecule has 2 aliphatic carbocycles. The van der Waals surface area contributed by atoms with Gasteiger partial charge in [0.1, 0.15) is 11.9 Å². The molecule has 0 radical (unpaired) electrons. The van der Waals surface area contributed by atoms with Crippen molar-refractivity contribution < 1.29 is 23.6 Å². The lowest BCUT2D eigenvalue weighted by atomic mass is 9.84. The molecule has 7 nitrogen and oxygen atoms in total. The van der Waals surface area contributed by atoms with Crippen LogP contribution in [0, 0.1) is 11.7 Å². The third-order valence-electron chi connectivity index (χ3n) is 6.20. The second kappa shape index (κ2) is 8.93. The van der Waals surface area contributed by atoms with E-state index in [0.29, 0.717) is 11.5 Å². The Kier molecular flexibility index (Phi) is 6.11. The van der Waals surface area contributed by atoms with Crippen LogP contribution in [0.5, 0.6) is 0 Å². The average Bonchev–Trinajstić information content (AvgIpc) is 3.16. The number of nitrogens with one attached hydrogen (secondary N) is 1. The Balaban J connectivity index is 1.45. The SMILES string of the molecule is O=C(NC(Cc1ccc(-c2noc(C3CCCCC3)n2)c(F)c1)C(=O)O)C1CCC1. The molecule has 2 saturated carbocycles. The summed E-state index contributed by atoms with van der Waals surface area (Å²) in [6.07, 6.45) is 8.06. The van der Waals surface area contributed by atoms with Gasteiger partial charge in [-0.25, -0.2) is 9.18 Å². The van der Waals surface area contributed by atoms with Gasteiger partial charge in [0, 0.05) is 18.3 Å². The number of aliphatic carboxylic acids is 1. The minimum absolute atomic E-state index is 0.00453. The molecule has 160 valence electrons. The maximum Gasteiger partial charge on any atom is 0.326 e. The molecule has 0 aliphatic heterocycles. The highest BCUT2D eigenvalue weighted by molar-refractivity contribution is 5.85. The third-order valence-corrected chi connectivity index (χ3v) is 6.20. The number of carboxylic acid groups (broad SMARTS) is 1. The fourth-order valence-corrected chi connectivity index (χ4v) is 4.12. The van der Waals surface area contributed by atoms with Gasteiger partial charge in [0.15, 0.2) is 0 Å². The number of benzene rings is 1. The number of rotatable bonds is 7. The molecule has 2 fully saturated rings. The maximum absolute atomic E-state index is 14.7. The smallest absolute Gasteiger partial charge is 0.326 e. The van der Waals surface area contributed by atoms with E-state index in [4.69, 9.17) is 4.52 Å². The highest BCUT2D eigenvalue weighted by Gasteiger charge is 2.29. The second-order valence-electron chi connectivity index (χ2n) is 8.34. The molecule has 1 unspecified atom stereocenters. The Morgan fingerprint density at radius 1 is 1.17 bits per heavy atom. The van der Waals surface area contributed by atoms with Crippen LogP contribution in [-0.4, -0.2) is 33.2 Å². The molecule has 1 amide bonds. The number of carboxylic acids is 1. The number of carbonyl (C=O) groups excluding carboxylic acids is 1. The highest BCUT2D eigenvalue weighted by Crippen LogP contribution is 2.33. The quantitative estimate of drug-likeness (QED) is 0.712. The molecular formula is C22H26FN3O4. The first-order valence-corrected chi connectivity index (χ1v) is 10.7. The minimum atomic E-state index is -1.14. The number of hydrogen-bond acceptors (Lipinski definition) is 5. The van der Waals surface area contributed by atoms with Crippen LogP contribution in [0.15, 0.2) is 22.7 Å². The van der Waals surface area contributed by atoms with Gasteiger partial charge in [0.05, 0.1) is 5.56 Å². The highest BCUT2D eigenvalue weighted by atomic mass is 19.1. The van der Waals surface area contributed by atoms with Crippen LogP contribution in [0.1, 0.15) is 68.7 Å². The predicted octanol–water partition coefficient (Wildman–Crippen LogP) is 3.84. The summed E-state index contributed by atoms with van der Waals surface area (Å²) in [6, 6.07) is 3.36. The average molecular weight is 415 g/mol. The van der Waals surface area contributed by atoms with Crippen LogP contribution < -0.4 is 5.32 Å². The summed E-state index contributed by atoms with van der Waals surface area (Å²) in [4.78, 5) is 28.0. The molecule has 0 spiro atoms. The van der Waals surface area contributed by atoms with Crippen molar-refractivity contribution in [2.45, 2.75) is 69.7 Å². The molecule has 1 atom stereocenters. The van der Waals surface area contributed by atoms with E-state index in [1.165, 1.54) is 18.6 Å². The molecule has 0 saturated heterocycles. The molecule has 4 rings (SSSR count). The molecule has 8 heteroatoms. The third kappa shape index (κ3) is 4.52. The Bertz CT molecular complexity index is 919. The van der Waals surface area contributed by atoms with E-state index >= 15 is 0 Å². The molecule has 0 bridgehead atoms. The lowest BCUT2D eigenvalue weighted by Crippen LogP contribution is -2.46. The summed E-state index contributed by atoms with van der Waals surface area (Å²) in [5.74, 6) is -1.04. The first kappa shape index (κ1) is 20.5. The van der Waals surface area contributed by atoms with E-state index in [2.05, 4.69) is 15.5 Å². The van der Waals surface area contributed by atoms with Crippen molar-refractivity contribution in [3.63, 3.8) is 0 Å². The Hall–Kier alpha value is -2.77. The number of nitrogens with zero attached hydrogens (tertiary/aromatic N) is 2. The van der Waals surface area contributed by atoms with Crippen molar-refractivity contribution in [1.82, 2.24) is 15.5 Å². The van der Waals surface area contributed by atoms with Crippen molar-refractivity contribution in [3.05, 3.63) is 35.5 Å². The molecule has 2 N–H and O–H groups in total. The van der Waals surface area contributed by atoms with Gasteiger partial charge in [-0.1, -0.05) is 36.9 Å². The molecule has 30 heavy (non-hydrogen) atoms. The normalized spacial score (nSPS) is 18.6. The van der Waals surface area contributed by atoms with E-state index in [1.807, 2.05) is 0 Å². The van der Waals surface area contributed by atoms with Gasteiger partial charge in [-0.05, 0) is 43.4 Å². The Labute approximate surface area is 174 Å². The first-order valence-electron chi connectivity index (χ1n) is 10.7. The zero-order valence-corrected chi connectivity index (χ0v) is 16.8. The summed E-state index contributed by atoms with van der Waals surface area (Å²) in [6.45, 7) is 0. The van der Waals surface area contributed by atoms with Gasteiger partial charge in [-0.3, -0.25) is 4.79 Å². The van der Waals surface area contributed by atoms with Gasteiger partial charge in [0.25, 0.3) is 0 Å². The minimum Gasteiger partial charge on any atom is -0.480 e. The van der Waals surface area contributed by atoms with Crippen molar-refractivity contribution in [1.29, 1.82) is 0 Å². The van der Waals surface area contributed by atoms with E-state index < -0.39 is 17.8 Å². The van der Waals surface area contributed by atoms with E-state index in [1.54, 1.807) is 6.07 Å². The van der Waals surface area contributed by atoms with Gasteiger partial charge in [0.2, 0.25) is 17.6 Å². The monoisotopic (exact) mass is 415 g/mol. The molecule has 2 aliphatic rings. The van der Waals surface area contributed by atoms with Crippen molar-refractivity contribution >= 4 is 11.9 Å². The molecule has 2 aromatic rings. The molecule has 1 aromatic heterocycles. The topological polar surface area (TPSA) is 105 Å². The number of carbonyl (C=O) groups is 2. The summed E-state index contributed by atoms with van der Waals surface area (Å²) in [5, 5.41) is 16.0. The molecule has 1 heterocycles. The first-order chi connectivity index (χ1) is 14.5. The van der Waals surface area contributed by atoms with Crippen LogP contribution in [0.4, 0.5) is 4.39 Å². The lowest BCUT2D eigenvalue weighted by molar-refractivity contribution is -0.143. The van der Waals surface area contributed by atoms with Gasteiger partial charge >= 0.3 is 5.97 Å². The summed E-state index contributed by atoms with van der Waals surface area (Å²) in [7, 11) is 0. The van der Waals surface area contributed by atoms with E-state index in [-0.39, 0.29) is 35.6 Å². The van der Waals surface area contributed by atoms with E-state index in [9.17, 15) is 19.1 Å². The van der Waals surface area contributed by atoms with Gasteiger partial charge in [-0.2, -0.15) is 4.98 Å². The standard InChI is InChI=1S/C22H26FN3O4/c23-17-11-13(12-18(22(28)29)24-20(27)14-7-4-8-14)9-10-16(17)19-25-21(30-26-19)15-5-2-1-3-6-15/h9-11,14-15,18H,1-8,12H2,(H,24,27)(H,28,29). The maximum atomic E-state index is 14.7. The second-order valence-corrected chi connectivity index (χ2v) is 8.34. The number of amides is 1. The predicted molar refractivity (Wildman–Crippen MR) is 106 cm³/mol. The zero-order valence-electron chi connectivity index (χ0n) is 16.8. The van der Waals surface area contributed by atoms with Crippen molar-refractivity contribution in [2.24, 2.45) is 5.92 Å². The van der Waals surface area contributed by atoms with Crippen molar-refractivity contribution in [3.8, 4) is 11.4 Å². The van der Waals surface area contributed by atoms with Crippen LogP contribution in [0.2, 0.25) is 0 Å². The molecule has 1 aromatic carbocycles. The van der Waals surface area contributed by atoms with Crippen LogP contribution >= 0.6 is 0 Å². The summed E-state index contributed by atoms with van der Waals surface area (Å²) < 4.78 is 20.1. The fourth-order valence-electron chi connectivity index (χ4n) is 4.12. The van der Waals surface area contributed by atoms with Crippen LogP contribution in [0.3, 0.4) is 0 Å². The van der Waals surface area contributed by atoms with Crippen LogP contribution in [-0.2, 0) is 16.0 Å². The largest absolute Gasteiger partial charge is 0.480 e. The number of halogens is 1. The van der Waals surface area contributed by atoms with E-state index in [0.717, 1.165) is 44.9 Å². The summed E-state index contributed by atoms with van der Waals surface area (Å²) in [5.41, 5.74) is 0.698. The van der Waals surface area contributed by atoms with Gasteiger partial charge in [-0.15, -0.1) is 0 Å². The molecular weight excluding hydrogens is 389 g/mol.